The fraction of sp³-hybridized carbons (Fsp3) is 0.526. The predicted octanol–water partition coefficient (Wildman–Crippen LogP) is 3.65. The molecule has 2 saturated heterocycles. The van der Waals surface area contributed by atoms with Gasteiger partial charge in [0.2, 0.25) is 5.91 Å². The summed E-state index contributed by atoms with van der Waals surface area (Å²) < 4.78 is 0. The summed E-state index contributed by atoms with van der Waals surface area (Å²) in [5.41, 5.74) is 0.804. The number of aryl methyl sites for hydroxylation is 1. The molecule has 0 spiro atoms. The Balaban J connectivity index is 1.40. The zero-order valence-corrected chi connectivity index (χ0v) is 16.6. The van der Waals surface area contributed by atoms with E-state index in [2.05, 4.69) is 4.98 Å². The summed E-state index contributed by atoms with van der Waals surface area (Å²) in [5.74, 6) is 0.444. The van der Waals surface area contributed by atoms with Crippen LogP contribution in [-0.2, 0) is 4.79 Å². The Morgan fingerprint density at radius 3 is 2.50 bits per heavy atom. The van der Waals surface area contributed by atoms with Crippen molar-refractivity contribution in [3.8, 4) is 9.88 Å². The molecule has 2 aliphatic heterocycles. The molecule has 2 fully saturated rings. The van der Waals surface area contributed by atoms with Gasteiger partial charge in [-0.15, -0.1) is 22.7 Å². The summed E-state index contributed by atoms with van der Waals surface area (Å²) in [6, 6.07) is 4.03. The molecule has 5 nitrogen and oxygen atoms in total. The van der Waals surface area contributed by atoms with Crippen molar-refractivity contribution in [2.75, 3.05) is 26.2 Å². The summed E-state index contributed by atoms with van der Waals surface area (Å²) in [7, 11) is 0. The second-order valence-electron chi connectivity index (χ2n) is 7.01. The maximum atomic E-state index is 12.9. The van der Waals surface area contributed by atoms with Crippen LogP contribution in [0.25, 0.3) is 9.88 Å². The molecule has 2 aromatic heterocycles. The molecule has 0 bridgehead atoms. The number of likely N-dealkylation sites (tertiary alicyclic amines) is 2. The molecular formula is C19H23N3O2S2. The van der Waals surface area contributed by atoms with Crippen LogP contribution in [0.1, 0.15) is 41.0 Å². The van der Waals surface area contributed by atoms with E-state index in [4.69, 9.17) is 0 Å². The fourth-order valence-electron chi connectivity index (χ4n) is 3.77. The lowest BCUT2D eigenvalue weighted by atomic mass is 9.95. The second-order valence-corrected chi connectivity index (χ2v) is 8.96. The van der Waals surface area contributed by atoms with Crippen molar-refractivity contribution in [3.05, 3.63) is 28.1 Å². The number of hydrogen-bond donors (Lipinski definition) is 0. The van der Waals surface area contributed by atoms with Gasteiger partial charge in [0.25, 0.3) is 5.91 Å². The number of hydrogen-bond acceptors (Lipinski definition) is 5. The molecule has 0 radical (unpaired) electrons. The number of rotatable bonds is 3. The zero-order valence-electron chi connectivity index (χ0n) is 14.9. The van der Waals surface area contributed by atoms with E-state index < -0.39 is 0 Å². The minimum absolute atomic E-state index is 0.0647. The largest absolute Gasteiger partial charge is 0.342 e. The number of thiazole rings is 1. The van der Waals surface area contributed by atoms with Gasteiger partial charge < -0.3 is 9.80 Å². The molecule has 0 atom stereocenters. The van der Waals surface area contributed by atoms with E-state index >= 15 is 0 Å². The highest BCUT2D eigenvalue weighted by atomic mass is 32.1. The third kappa shape index (κ3) is 3.42. The smallest absolute Gasteiger partial charge is 0.265 e. The van der Waals surface area contributed by atoms with E-state index in [9.17, 15) is 9.59 Å². The molecule has 2 amide bonds. The Bertz CT molecular complexity index is 786. The van der Waals surface area contributed by atoms with Crippen LogP contribution in [0.2, 0.25) is 0 Å². The molecule has 0 saturated carbocycles. The summed E-state index contributed by atoms with van der Waals surface area (Å²) in [4.78, 5) is 35.8. The molecule has 2 aliphatic rings. The van der Waals surface area contributed by atoms with E-state index in [1.54, 1.807) is 11.3 Å². The first-order valence-corrected chi connectivity index (χ1v) is 10.9. The summed E-state index contributed by atoms with van der Waals surface area (Å²) in [6.45, 7) is 5.04. The van der Waals surface area contributed by atoms with Crippen LogP contribution in [0.4, 0.5) is 0 Å². The highest BCUT2D eigenvalue weighted by Crippen LogP contribution is 2.32. The monoisotopic (exact) mass is 389 g/mol. The maximum Gasteiger partial charge on any atom is 0.265 e. The van der Waals surface area contributed by atoms with E-state index in [1.807, 2.05) is 34.2 Å². The second kappa shape index (κ2) is 7.48. The highest BCUT2D eigenvalue weighted by Gasteiger charge is 2.32. The average molecular weight is 390 g/mol. The quantitative estimate of drug-likeness (QED) is 0.805. The van der Waals surface area contributed by atoms with Gasteiger partial charge in [-0.1, -0.05) is 6.07 Å². The van der Waals surface area contributed by atoms with Gasteiger partial charge in [-0.05, 0) is 44.1 Å². The lowest BCUT2D eigenvalue weighted by molar-refractivity contribution is -0.135. The van der Waals surface area contributed by atoms with Crippen molar-refractivity contribution in [2.24, 2.45) is 5.92 Å². The van der Waals surface area contributed by atoms with Crippen LogP contribution in [0.5, 0.6) is 0 Å². The SMILES string of the molecule is Cc1nc(-c2cccs2)sc1C(=O)N1CCC(C(=O)N2CCCC2)CC1. The standard InChI is InChI=1S/C19H23N3O2S2/c1-13-16(26-17(20-13)15-5-4-12-25-15)19(24)22-10-6-14(7-11-22)18(23)21-8-2-3-9-21/h4-5,12,14H,2-3,6-11H2,1H3. The molecule has 7 heteroatoms. The van der Waals surface area contributed by atoms with Gasteiger partial charge in [-0.3, -0.25) is 9.59 Å². The number of piperidine rings is 1. The molecule has 0 N–H and O–H groups in total. The van der Waals surface area contributed by atoms with Gasteiger partial charge in [0.05, 0.1) is 10.6 Å². The highest BCUT2D eigenvalue weighted by molar-refractivity contribution is 7.22. The van der Waals surface area contributed by atoms with Crippen molar-refractivity contribution in [1.82, 2.24) is 14.8 Å². The van der Waals surface area contributed by atoms with Crippen molar-refractivity contribution >= 4 is 34.5 Å². The van der Waals surface area contributed by atoms with Crippen molar-refractivity contribution < 1.29 is 9.59 Å². The Kier molecular flexibility index (Phi) is 5.09. The molecule has 0 unspecified atom stereocenters. The predicted molar refractivity (Wildman–Crippen MR) is 105 cm³/mol. The fourth-order valence-corrected chi connectivity index (χ4v) is 5.60. The minimum Gasteiger partial charge on any atom is -0.342 e. The Morgan fingerprint density at radius 2 is 1.85 bits per heavy atom. The first-order valence-electron chi connectivity index (χ1n) is 9.23. The number of aromatic nitrogens is 1. The van der Waals surface area contributed by atoms with Crippen LogP contribution in [0.3, 0.4) is 0 Å². The Hall–Kier alpha value is -1.73. The molecule has 26 heavy (non-hydrogen) atoms. The molecule has 2 aromatic rings. The molecule has 138 valence electrons. The summed E-state index contributed by atoms with van der Waals surface area (Å²) >= 11 is 3.12. The molecule has 4 heterocycles. The first-order chi connectivity index (χ1) is 12.6. The van der Waals surface area contributed by atoms with Crippen molar-refractivity contribution in [1.29, 1.82) is 0 Å². The van der Waals surface area contributed by atoms with Gasteiger partial charge in [0.15, 0.2) is 0 Å². The molecule has 4 rings (SSSR count). The number of thiophene rings is 1. The lowest BCUT2D eigenvalue weighted by Crippen LogP contribution is -2.43. The zero-order chi connectivity index (χ0) is 18.1. The Morgan fingerprint density at radius 1 is 1.12 bits per heavy atom. The van der Waals surface area contributed by atoms with Crippen LogP contribution >= 0.6 is 22.7 Å². The van der Waals surface area contributed by atoms with Crippen molar-refractivity contribution in [2.45, 2.75) is 32.6 Å². The van der Waals surface area contributed by atoms with Gasteiger partial charge in [0, 0.05) is 32.1 Å². The number of carbonyl (C=O) groups is 2. The molecule has 0 aromatic carbocycles. The lowest BCUT2D eigenvalue weighted by Gasteiger charge is -2.33. The minimum atomic E-state index is 0.0647. The van der Waals surface area contributed by atoms with Gasteiger partial charge in [0.1, 0.15) is 9.88 Å². The van der Waals surface area contributed by atoms with Crippen molar-refractivity contribution in [3.63, 3.8) is 0 Å². The number of carbonyl (C=O) groups excluding carboxylic acids is 2. The maximum absolute atomic E-state index is 12.9. The van der Waals surface area contributed by atoms with Crippen LogP contribution in [-0.4, -0.2) is 52.8 Å². The van der Waals surface area contributed by atoms with Gasteiger partial charge in [-0.2, -0.15) is 0 Å². The number of nitrogens with zero attached hydrogens (tertiary/aromatic N) is 3. The van der Waals surface area contributed by atoms with Crippen LogP contribution < -0.4 is 0 Å². The van der Waals surface area contributed by atoms with Crippen LogP contribution in [0, 0.1) is 12.8 Å². The average Bonchev–Trinajstić information content (AvgIpc) is 3.41. The first kappa shape index (κ1) is 17.7. The molecular weight excluding hydrogens is 366 g/mol. The van der Waals surface area contributed by atoms with E-state index in [0.717, 1.165) is 59.2 Å². The van der Waals surface area contributed by atoms with E-state index in [0.29, 0.717) is 19.0 Å². The topological polar surface area (TPSA) is 53.5 Å². The van der Waals surface area contributed by atoms with E-state index in [1.165, 1.54) is 11.3 Å². The third-order valence-electron chi connectivity index (χ3n) is 5.27. The normalized spacial score (nSPS) is 18.5. The summed E-state index contributed by atoms with van der Waals surface area (Å²) in [6.07, 6.45) is 3.80. The van der Waals surface area contributed by atoms with Gasteiger partial charge in [-0.25, -0.2) is 4.98 Å². The third-order valence-corrected chi connectivity index (χ3v) is 7.46. The van der Waals surface area contributed by atoms with E-state index in [-0.39, 0.29) is 11.8 Å². The summed E-state index contributed by atoms with van der Waals surface area (Å²) in [5, 5.41) is 2.94. The Labute approximate surface area is 161 Å². The molecule has 0 aliphatic carbocycles. The van der Waals surface area contributed by atoms with Gasteiger partial charge >= 0.3 is 0 Å². The number of amides is 2. The van der Waals surface area contributed by atoms with Crippen LogP contribution in [0.15, 0.2) is 17.5 Å².